The molecule has 0 heterocycles. The van der Waals surface area contributed by atoms with Gasteiger partial charge in [-0.2, -0.15) is 0 Å². The summed E-state index contributed by atoms with van der Waals surface area (Å²) in [6, 6.07) is 7.58. The lowest BCUT2D eigenvalue weighted by Crippen LogP contribution is -2.40. The molecule has 1 rings (SSSR count). The molecule has 0 aliphatic carbocycles. The van der Waals surface area contributed by atoms with Crippen LogP contribution in [0.15, 0.2) is 36.4 Å². The maximum absolute atomic E-state index is 12.5. The largest absolute Gasteiger partial charge is 0.387 e. The van der Waals surface area contributed by atoms with Crippen LogP contribution in [0.5, 0.6) is 0 Å². The van der Waals surface area contributed by atoms with Crippen LogP contribution in [-0.2, 0) is 6.42 Å². The molecule has 1 amide bonds. The second-order valence-electron chi connectivity index (χ2n) is 9.66. The first-order valence-corrected chi connectivity index (χ1v) is 13.8. The van der Waals surface area contributed by atoms with Crippen LogP contribution >= 0.6 is 0 Å². The molecule has 1 aromatic carbocycles. The molecule has 2 N–H and O–H groups in total. The van der Waals surface area contributed by atoms with Crippen molar-refractivity contribution < 1.29 is 9.90 Å². The predicted octanol–water partition coefficient (Wildman–Crippen LogP) is 8.16. The Morgan fingerprint density at radius 2 is 1.33 bits per heavy atom. The Bertz CT molecular complexity index is 623. The second kappa shape index (κ2) is 19.8. The smallest absolute Gasteiger partial charge is 0.251 e. The lowest BCUT2D eigenvalue weighted by atomic mass is 10.0. The average molecular weight is 458 g/mol. The molecular formula is C30H51NO2. The van der Waals surface area contributed by atoms with Crippen LogP contribution in [0.2, 0.25) is 0 Å². The molecule has 0 aromatic heterocycles. The number of amides is 1. The van der Waals surface area contributed by atoms with Crippen molar-refractivity contribution in [3.05, 3.63) is 47.5 Å². The quantitative estimate of drug-likeness (QED) is 0.153. The molecule has 188 valence electrons. The Morgan fingerprint density at radius 3 is 1.91 bits per heavy atom. The Kier molecular flexibility index (Phi) is 17.7. The Labute approximate surface area is 204 Å². The van der Waals surface area contributed by atoms with Gasteiger partial charge < -0.3 is 10.4 Å². The van der Waals surface area contributed by atoms with Crippen molar-refractivity contribution in [1.82, 2.24) is 5.32 Å². The fourth-order valence-corrected chi connectivity index (χ4v) is 4.11. The highest BCUT2D eigenvalue weighted by atomic mass is 16.3. The molecule has 0 unspecified atom stereocenters. The number of benzene rings is 1. The summed E-state index contributed by atoms with van der Waals surface area (Å²) in [4.78, 5) is 12.5. The summed E-state index contributed by atoms with van der Waals surface area (Å²) < 4.78 is 0. The topological polar surface area (TPSA) is 49.3 Å². The predicted molar refractivity (Wildman–Crippen MR) is 143 cm³/mol. The van der Waals surface area contributed by atoms with E-state index in [4.69, 9.17) is 0 Å². The van der Waals surface area contributed by atoms with Crippen LogP contribution < -0.4 is 5.32 Å². The van der Waals surface area contributed by atoms with Crippen molar-refractivity contribution in [2.45, 2.75) is 136 Å². The van der Waals surface area contributed by atoms with Crippen molar-refractivity contribution in [2.24, 2.45) is 0 Å². The number of hydrogen-bond donors (Lipinski definition) is 2. The van der Waals surface area contributed by atoms with Gasteiger partial charge in [0.15, 0.2) is 0 Å². The van der Waals surface area contributed by atoms with Gasteiger partial charge >= 0.3 is 0 Å². The highest BCUT2D eigenvalue weighted by Gasteiger charge is 2.15. The van der Waals surface area contributed by atoms with Gasteiger partial charge in [0, 0.05) is 5.56 Å². The first-order chi connectivity index (χ1) is 16.1. The number of unbranched alkanes of at least 4 members (excludes halogenated alkanes) is 13. The Hall–Kier alpha value is -1.61. The van der Waals surface area contributed by atoms with Crippen LogP contribution in [0.1, 0.15) is 133 Å². The molecule has 0 saturated carbocycles. The van der Waals surface area contributed by atoms with E-state index in [1.165, 1.54) is 95.5 Å². The molecule has 0 aliphatic rings. The molecule has 2 atom stereocenters. The number of aliphatic hydroxyl groups is 1. The van der Waals surface area contributed by atoms with Crippen LogP contribution in [0.3, 0.4) is 0 Å². The number of carbonyl (C=O) groups excluding carboxylic acids is 1. The summed E-state index contributed by atoms with van der Waals surface area (Å²) in [5.74, 6) is -0.123. The third kappa shape index (κ3) is 15.0. The minimum Gasteiger partial charge on any atom is -0.387 e. The molecule has 33 heavy (non-hydrogen) atoms. The molecule has 0 aliphatic heterocycles. The molecule has 3 nitrogen and oxygen atoms in total. The third-order valence-corrected chi connectivity index (χ3v) is 6.46. The maximum Gasteiger partial charge on any atom is 0.251 e. The van der Waals surface area contributed by atoms with E-state index in [0.717, 1.165) is 12.8 Å². The van der Waals surface area contributed by atoms with Crippen LogP contribution in [0.4, 0.5) is 0 Å². The molecule has 0 spiro atoms. The average Bonchev–Trinajstić information content (AvgIpc) is 2.82. The molecule has 3 heteroatoms. The van der Waals surface area contributed by atoms with E-state index < -0.39 is 6.10 Å². The molecule has 0 bridgehead atoms. The third-order valence-electron chi connectivity index (χ3n) is 6.46. The van der Waals surface area contributed by atoms with Gasteiger partial charge in [-0.15, -0.1) is 0 Å². The zero-order valence-electron chi connectivity index (χ0n) is 21.8. The number of aliphatic hydroxyl groups excluding tert-OH is 1. The summed E-state index contributed by atoms with van der Waals surface area (Å²) in [5, 5.41) is 13.3. The molecular weight excluding hydrogens is 406 g/mol. The number of carbonyl (C=O) groups is 1. The zero-order valence-corrected chi connectivity index (χ0v) is 21.8. The van der Waals surface area contributed by atoms with E-state index >= 15 is 0 Å². The number of aryl methyl sites for hydroxylation is 1. The van der Waals surface area contributed by atoms with Crippen LogP contribution in [-0.4, -0.2) is 23.2 Å². The summed E-state index contributed by atoms with van der Waals surface area (Å²) in [6.45, 7) is 6.34. The minimum absolute atomic E-state index is 0.123. The summed E-state index contributed by atoms with van der Waals surface area (Å²) in [5.41, 5.74) is 1.94. The Morgan fingerprint density at radius 1 is 0.818 bits per heavy atom. The molecule has 1 aromatic rings. The number of allylic oxidation sites excluding steroid dienone is 1. The normalized spacial score (nSPS) is 13.3. The highest BCUT2D eigenvalue weighted by molar-refractivity contribution is 5.94. The van der Waals surface area contributed by atoms with E-state index in [1.54, 1.807) is 0 Å². The monoisotopic (exact) mass is 457 g/mol. The summed E-state index contributed by atoms with van der Waals surface area (Å²) in [6.07, 6.45) is 23.6. The highest BCUT2D eigenvalue weighted by Crippen LogP contribution is 2.12. The van der Waals surface area contributed by atoms with Crippen molar-refractivity contribution in [3.63, 3.8) is 0 Å². The summed E-state index contributed by atoms with van der Waals surface area (Å²) >= 11 is 0. The van der Waals surface area contributed by atoms with Crippen LogP contribution in [0.25, 0.3) is 0 Å². The fraction of sp³-hybridized carbons (Fsp3) is 0.700. The van der Waals surface area contributed by atoms with Gasteiger partial charge in [-0.1, -0.05) is 115 Å². The van der Waals surface area contributed by atoms with Crippen molar-refractivity contribution in [3.8, 4) is 0 Å². The van der Waals surface area contributed by atoms with E-state index in [0.29, 0.717) is 5.56 Å². The fourth-order valence-electron chi connectivity index (χ4n) is 4.11. The standard InChI is InChI=1S/C30H51NO2/c1-4-6-8-10-11-12-13-14-15-16-17-19-21-29(32)26(3)31-30(33)28-24-22-27(23-25-28)20-18-9-7-5-2/h19,21-26,29,32H,4-18,20H2,1-3H3,(H,31,33)/b21-19+/t26-,29-/m1/s1. The number of rotatable bonds is 20. The van der Waals surface area contributed by atoms with Gasteiger partial charge in [-0.25, -0.2) is 0 Å². The Balaban J connectivity index is 2.16. The van der Waals surface area contributed by atoms with E-state index in [-0.39, 0.29) is 11.9 Å². The SMILES string of the molecule is CCCCCCCCCCCC/C=C/[C@@H](O)[C@@H](C)NC(=O)c1ccc(CCCCCC)cc1. The second-order valence-corrected chi connectivity index (χ2v) is 9.66. The van der Waals surface area contributed by atoms with Gasteiger partial charge in [0.1, 0.15) is 0 Å². The van der Waals surface area contributed by atoms with E-state index in [1.807, 2.05) is 37.3 Å². The van der Waals surface area contributed by atoms with E-state index in [9.17, 15) is 9.90 Å². The lowest BCUT2D eigenvalue weighted by molar-refractivity contribution is 0.0894. The molecule has 0 saturated heterocycles. The number of hydrogen-bond acceptors (Lipinski definition) is 2. The van der Waals surface area contributed by atoms with E-state index in [2.05, 4.69) is 25.2 Å². The van der Waals surface area contributed by atoms with Gasteiger partial charge in [-0.05, 0) is 50.3 Å². The number of nitrogens with one attached hydrogen (secondary N) is 1. The first kappa shape index (κ1) is 29.4. The maximum atomic E-state index is 12.5. The van der Waals surface area contributed by atoms with Crippen molar-refractivity contribution >= 4 is 5.91 Å². The van der Waals surface area contributed by atoms with Gasteiger partial charge in [0.05, 0.1) is 12.1 Å². The van der Waals surface area contributed by atoms with Gasteiger partial charge in [0.2, 0.25) is 0 Å². The van der Waals surface area contributed by atoms with Gasteiger partial charge in [0.25, 0.3) is 5.91 Å². The minimum atomic E-state index is -0.657. The van der Waals surface area contributed by atoms with Gasteiger partial charge in [-0.3, -0.25) is 4.79 Å². The van der Waals surface area contributed by atoms with Crippen molar-refractivity contribution in [2.75, 3.05) is 0 Å². The lowest BCUT2D eigenvalue weighted by Gasteiger charge is -2.17. The van der Waals surface area contributed by atoms with Crippen LogP contribution in [0, 0.1) is 0 Å². The van der Waals surface area contributed by atoms with Crippen molar-refractivity contribution in [1.29, 1.82) is 0 Å². The summed E-state index contributed by atoms with van der Waals surface area (Å²) in [7, 11) is 0. The first-order valence-electron chi connectivity index (χ1n) is 13.8. The molecule has 0 radical (unpaired) electrons. The zero-order chi connectivity index (χ0) is 24.2. The molecule has 0 fully saturated rings.